The van der Waals surface area contributed by atoms with Gasteiger partial charge in [0.05, 0.1) is 6.10 Å². The Labute approximate surface area is 152 Å². The summed E-state index contributed by atoms with van der Waals surface area (Å²) in [6, 6.07) is 10.9. The third-order valence-electron chi connectivity index (χ3n) is 6.54. The number of anilines is 1. The summed E-state index contributed by atoms with van der Waals surface area (Å²) >= 11 is 0. The van der Waals surface area contributed by atoms with E-state index in [0.29, 0.717) is 12.1 Å². The van der Waals surface area contributed by atoms with E-state index in [1.807, 2.05) is 0 Å². The normalized spacial score (nSPS) is 29.6. The molecule has 0 spiro atoms. The Morgan fingerprint density at radius 2 is 1.72 bits per heavy atom. The molecule has 1 aromatic carbocycles. The van der Waals surface area contributed by atoms with Gasteiger partial charge in [-0.2, -0.15) is 0 Å². The quantitative estimate of drug-likeness (QED) is 0.882. The average molecular weight is 344 g/mol. The summed E-state index contributed by atoms with van der Waals surface area (Å²) in [5, 5.41) is 13.6. The lowest BCUT2D eigenvalue weighted by molar-refractivity contribution is 0.145. The van der Waals surface area contributed by atoms with E-state index in [1.165, 1.54) is 50.0 Å². The number of hydrogen-bond donors (Lipinski definition) is 2. The predicted molar refractivity (Wildman–Crippen MR) is 103 cm³/mol. The van der Waals surface area contributed by atoms with E-state index in [-0.39, 0.29) is 6.10 Å². The van der Waals surface area contributed by atoms with E-state index in [0.717, 1.165) is 32.0 Å². The molecule has 25 heavy (non-hydrogen) atoms. The highest BCUT2D eigenvalue weighted by Gasteiger charge is 2.35. The van der Waals surface area contributed by atoms with Crippen LogP contribution < -0.4 is 10.2 Å². The summed E-state index contributed by atoms with van der Waals surface area (Å²) in [6.07, 6.45) is 7.11. The molecule has 0 aromatic heterocycles. The molecule has 3 aliphatic heterocycles. The van der Waals surface area contributed by atoms with Crippen LogP contribution >= 0.6 is 0 Å². The molecule has 4 nitrogen and oxygen atoms in total. The molecule has 3 atom stereocenters. The zero-order chi connectivity index (χ0) is 17.2. The maximum absolute atomic E-state index is 9.67. The first-order chi connectivity index (χ1) is 12.2. The zero-order valence-electron chi connectivity index (χ0n) is 15.5. The molecule has 0 saturated carbocycles. The Balaban J connectivity index is 1.35. The number of piperidine rings is 2. The fourth-order valence-corrected chi connectivity index (χ4v) is 4.96. The van der Waals surface area contributed by atoms with Crippen molar-refractivity contribution in [2.24, 2.45) is 0 Å². The fraction of sp³-hybridized carbons (Fsp3) is 0.714. The summed E-state index contributed by atoms with van der Waals surface area (Å²) in [6.45, 7) is 6.81. The van der Waals surface area contributed by atoms with Crippen LogP contribution in [0.15, 0.2) is 24.3 Å². The molecule has 138 valence electrons. The maximum Gasteiger partial charge on any atom is 0.0574 e. The highest BCUT2D eigenvalue weighted by Crippen LogP contribution is 2.29. The number of aliphatic hydroxyl groups excluding tert-OH is 1. The molecule has 0 bridgehead atoms. The van der Waals surface area contributed by atoms with Crippen LogP contribution in [-0.4, -0.2) is 54.4 Å². The summed E-state index contributed by atoms with van der Waals surface area (Å²) in [4.78, 5) is 5.09. The van der Waals surface area contributed by atoms with Gasteiger partial charge in [0.25, 0.3) is 0 Å². The number of benzene rings is 1. The predicted octanol–water partition coefficient (Wildman–Crippen LogP) is 2.93. The van der Waals surface area contributed by atoms with Crippen molar-refractivity contribution in [1.82, 2.24) is 10.2 Å². The first kappa shape index (κ1) is 17.3. The van der Waals surface area contributed by atoms with Crippen molar-refractivity contribution in [1.29, 1.82) is 0 Å². The van der Waals surface area contributed by atoms with Crippen molar-refractivity contribution in [3.05, 3.63) is 29.8 Å². The fourth-order valence-electron chi connectivity index (χ4n) is 4.96. The van der Waals surface area contributed by atoms with E-state index < -0.39 is 0 Å². The van der Waals surface area contributed by atoms with Crippen LogP contribution in [0.3, 0.4) is 0 Å². The van der Waals surface area contributed by atoms with Gasteiger partial charge < -0.3 is 15.3 Å². The summed E-state index contributed by atoms with van der Waals surface area (Å²) in [5.74, 6) is 0. The molecule has 3 saturated heterocycles. The number of rotatable bonds is 4. The SMILES string of the molecule is CC(NC1CCN2CCCCC12)c1ccc(N2CCC(O)CC2)cc1. The van der Waals surface area contributed by atoms with Crippen molar-refractivity contribution in [3.8, 4) is 0 Å². The van der Waals surface area contributed by atoms with Crippen molar-refractivity contribution in [2.75, 3.05) is 31.1 Å². The van der Waals surface area contributed by atoms with Gasteiger partial charge in [-0.3, -0.25) is 4.90 Å². The van der Waals surface area contributed by atoms with Gasteiger partial charge in [-0.1, -0.05) is 18.6 Å². The second kappa shape index (κ2) is 7.65. The first-order valence-corrected chi connectivity index (χ1v) is 10.2. The van der Waals surface area contributed by atoms with E-state index in [9.17, 15) is 5.11 Å². The van der Waals surface area contributed by atoms with Gasteiger partial charge in [0.2, 0.25) is 0 Å². The van der Waals surface area contributed by atoms with Crippen LogP contribution in [0.25, 0.3) is 0 Å². The summed E-state index contributed by atoms with van der Waals surface area (Å²) < 4.78 is 0. The molecule has 3 fully saturated rings. The van der Waals surface area contributed by atoms with Gasteiger partial charge >= 0.3 is 0 Å². The Morgan fingerprint density at radius 3 is 2.48 bits per heavy atom. The van der Waals surface area contributed by atoms with Crippen LogP contribution in [0, 0.1) is 0 Å². The molecule has 3 unspecified atom stereocenters. The van der Waals surface area contributed by atoms with Gasteiger partial charge in [0.15, 0.2) is 0 Å². The van der Waals surface area contributed by atoms with Crippen LogP contribution in [0.2, 0.25) is 0 Å². The smallest absolute Gasteiger partial charge is 0.0574 e. The van der Waals surface area contributed by atoms with Crippen LogP contribution in [-0.2, 0) is 0 Å². The molecule has 4 heteroatoms. The van der Waals surface area contributed by atoms with Crippen molar-refractivity contribution in [2.45, 2.75) is 69.7 Å². The first-order valence-electron chi connectivity index (χ1n) is 10.2. The van der Waals surface area contributed by atoms with E-state index in [1.54, 1.807) is 0 Å². The Bertz CT molecular complexity index is 553. The van der Waals surface area contributed by atoms with E-state index in [4.69, 9.17) is 0 Å². The monoisotopic (exact) mass is 343 g/mol. The van der Waals surface area contributed by atoms with E-state index >= 15 is 0 Å². The highest BCUT2D eigenvalue weighted by molar-refractivity contribution is 5.48. The average Bonchev–Trinajstić information content (AvgIpc) is 3.06. The van der Waals surface area contributed by atoms with Crippen molar-refractivity contribution in [3.63, 3.8) is 0 Å². The van der Waals surface area contributed by atoms with Crippen LogP contribution in [0.5, 0.6) is 0 Å². The van der Waals surface area contributed by atoms with Gasteiger partial charge in [-0.25, -0.2) is 0 Å². The number of hydrogen-bond acceptors (Lipinski definition) is 4. The van der Waals surface area contributed by atoms with Crippen molar-refractivity contribution >= 4 is 5.69 Å². The number of nitrogens with zero attached hydrogens (tertiary/aromatic N) is 2. The van der Waals surface area contributed by atoms with E-state index in [2.05, 4.69) is 46.3 Å². The minimum atomic E-state index is -0.106. The molecule has 0 radical (unpaired) electrons. The minimum absolute atomic E-state index is 0.106. The minimum Gasteiger partial charge on any atom is -0.393 e. The molecular weight excluding hydrogens is 310 g/mol. The van der Waals surface area contributed by atoms with Gasteiger partial charge in [-0.05, 0) is 63.3 Å². The molecule has 3 aliphatic rings. The Kier molecular flexibility index (Phi) is 5.30. The van der Waals surface area contributed by atoms with Gasteiger partial charge in [0, 0.05) is 43.4 Å². The lowest BCUT2D eigenvalue weighted by atomic mass is 9.97. The van der Waals surface area contributed by atoms with Crippen molar-refractivity contribution < 1.29 is 5.11 Å². The van der Waals surface area contributed by atoms with Crippen LogP contribution in [0.4, 0.5) is 5.69 Å². The van der Waals surface area contributed by atoms with Gasteiger partial charge in [0.1, 0.15) is 0 Å². The Hall–Kier alpha value is -1.10. The molecular formula is C21H33N3O. The summed E-state index contributed by atoms with van der Waals surface area (Å²) in [5.41, 5.74) is 2.68. The largest absolute Gasteiger partial charge is 0.393 e. The van der Waals surface area contributed by atoms with Gasteiger partial charge in [-0.15, -0.1) is 0 Å². The number of fused-ring (bicyclic) bond motifs is 1. The highest BCUT2D eigenvalue weighted by atomic mass is 16.3. The number of aliphatic hydroxyl groups is 1. The molecule has 0 aliphatic carbocycles. The number of nitrogens with one attached hydrogen (secondary N) is 1. The lowest BCUT2D eigenvalue weighted by Gasteiger charge is -2.34. The molecule has 2 N–H and O–H groups in total. The second-order valence-electron chi connectivity index (χ2n) is 8.19. The third-order valence-corrected chi connectivity index (χ3v) is 6.54. The molecule has 4 rings (SSSR count). The second-order valence-corrected chi connectivity index (χ2v) is 8.19. The standard InChI is InChI=1S/C21H33N3O/c1-16(22-20-11-15-24-12-3-2-4-21(20)24)17-5-7-18(8-6-17)23-13-9-19(25)10-14-23/h5-8,16,19-22,25H,2-4,9-15H2,1H3. The zero-order valence-corrected chi connectivity index (χ0v) is 15.5. The van der Waals surface area contributed by atoms with Crippen LogP contribution in [0.1, 0.15) is 57.1 Å². The Morgan fingerprint density at radius 1 is 0.960 bits per heavy atom. The third kappa shape index (κ3) is 3.86. The molecule has 1 aromatic rings. The maximum atomic E-state index is 9.67. The molecule has 0 amide bonds. The lowest BCUT2D eigenvalue weighted by Crippen LogP contribution is -2.45. The summed E-state index contributed by atoms with van der Waals surface area (Å²) in [7, 11) is 0. The topological polar surface area (TPSA) is 38.7 Å². The molecule has 3 heterocycles.